The quantitative estimate of drug-likeness (QED) is 0.829. The Labute approximate surface area is 161 Å². The van der Waals surface area contributed by atoms with E-state index in [1.807, 2.05) is 17.2 Å². The Kier molecular flexibility index (Phi) is 7.36. The molecule has 1 aromatic rings. The van der Waals surface area contributed by atoms with Crippen molar-refractivity contribution in [1.82, 2.24) is 14.8 Å². The minimum Gasteiger partial charge on any atom is -0.475 e. The van der Waals surface area contributed by atoms with Crippen molar-refractivity contribution in [3.8, 4) is 0 Å². The summed E-state index contributed by atoms with van der Waals surface area (Å²) in [5, 5.41) is 7.12. The van der Waals surface area contributed by atoms with Gasteiger partial charge in [-0.25, -0.2) is 4.79 Å². The molecule has 0 radical (unpaired) electrons. The molecule has 3 heterocycles. The SMILES string of the molecule is CO[C@H]1CCN(C(C)=O)[C@@H]2CN(Cc3cccnc3)C[C@H]12.O=C(O)C(F)(F)F. The molecule has 156 valence electrons. The highest BCUT2D eigenvalue weighted by atomic mass is 19.4. The normalized spacial score (nSPS) is 24.9. The van der Waals surface area contributed by atoms with Crippen LogP contribution in [0.2, 0.25) is 0 Å². The van der Waals surface area contributed by atoms with Gasteiger partial charge in [0.2, 0.25) is 5.91 Å². The number of hydrogen-bond acceptors (Lipinski definition) is 5. The average molecular weight is 403 g/mol. The summed E-state index contributed by atoms with van der Waals surface area (Å²) in [6, 6.07) is 4.36. The number of hydrogen-bond donors (Lipinski definition) is 1. The number of aliphatic carboxylic acids is 1. The number of halogens is 3. The van der Waals surface area contributed by atoms with Gasteiger partial charge in [-0.1, -0.05) is 6.07 Å². The van der Waals surface area contributed by atoms with Gasteiger partial charge < -0.3 is 14.7 Å². The lowest BCUT2D eigenvalue weighted by Gasteiger charge is -2.40. The fourth-order valence-corrected chi connectivity index (χ4v) is 3.80. The maximum Gasteiger partial charge on any atom is 0.490 e. The summed E-state index contributed by atoms with van der Waals surface area (Å²) in [6.45, 7) is 5.30. The number of nitrogens with zero attached hydrogens (tertiary/aromatic N) is 3. The van der Waals surface area contributed by atoms with Crippen molar-refractivity contribution in [2.24, 2.45) is 5.92 Å². The predicted molar refractivity (Wildman–Crippen MR) is 93.3 cm³/mol. The number of piperidine rings is 1. The molecular formula is C18H24F3N3O4. The number of ether oxygens (including phenoxy) is 1. The number of likely N-dealkylation sites (tertiary alicyclic amines) is 2. The van der Waals surface area contributed by atoms with Gasteiger partial charge in [-0.05, 0) is 18.1 Å². The van der Waals surface area contributed by atoms with Crippen molar-refractivity contribution in [3.05, 3.63) is 30.1 Å². The maximum atomic E-state index is 11.9. The zero-order valence-corrected chi connectivity index (χ0v) is 15.7. The van der Waals surface area contributed by atoms with Gasteiger partial charge >= 0.3 is 12.1 Å². The van der Waals surface area contributed by atoms with Crippen LogP contribution in [0.3, 0.4) is 0 Å². The highest BCUT2D eigenvalue weighted by Gasteiger charge is 2.45. The van der Waals surface area contributed by atoms with Gasteiger partial charge in [-0.2, -0.15) is 13.2 Å². The Morgan fingerprint density at radius 1 is 1.36 bits per heavy atom. The number of methoxy groups -OCH3 is 1. The van der Waals surface area contributed by atoms with E-state index in [-0.39, 0.29) is 18.1 Å². The number of carboxylic acids is 1. The molecule has 1 N–H and O–H groups in total. The van der Waals surface area contributed by atoms with Crippen LogP contribution < -0.4 is 0 Å². The Balaban J connectivity index is 0.000000345. The van der Waals surface area contributed by atoms with Gasteiger partial charge in [0.1, 0.15) is 0 Å². The summed E-state index contributed by atoms with van der Waals surface area (Å²) in [4.78, 5) is 29.4. The molecule has 0 aromatic carbocycles. The summed E-state index contributed by atoms with van der Waals surface area (Å²) in [5.74, 6) is -2.15. The number of pyridine rings is 1. The lowest BCUT2D eigenvalue weighted by Crippen LogP contribution is -2.52. The van der Waals surface area contributed by atoms with Crippen LogP contribution in [0.25, 0.3) is 0 Å². The van der Waals surface area contributed by atoms with Gasteiger partial charge in [0.15, 0.2) is 0 Å². The number of rotatable bonds is 3. The molecule has 1 amide bonds. The van der Waals surface area contributed by atoms with E-state index in [2.05, 4.69) is 16.0 Å². The monoisotopic (exact) mass is 403 g/mol. The molecule has 2 fully saturated rings. The highest BCUT2D eigenvalue weighted by Crippen LogP contribution is 2.33. The van der Waals surface area contributed by atoms with Crippen LogP contribution >= 0.6 is 0 Å². The maximum absolute atomic E-state index is 11.9. The molecule has 2 saturated heterocycles. The number of fused-ring (bicyclic) bond motifs is 1. The van der Waals surface area contributed by atoms with E-state index < -0.39 is 12.1 Å². The molecule has 3 rings (SSSR count). The standard InChI is InChI=1S/C16H23N3O2.C2HF3O2/c1-12(20)19-7-5-16(21-2)14-10-18(11-15(14)19)9-13-4-3-6-17-8-13;3-2(4,5)1(6)7/h3-4,6,8,14-16H,5,7,9-11H2,1-2H3;(H,6,7)/t14-,15+,16-;/m0./s1. The number of amides is 1. The van der Waals surface area contributed by atoms with Crippen LogP contribution in [0.4, 0.5) is 13.2 Å². The Bertz CT molecular complexity index is 672. The van der Waals surface area contributed by atoms with E-state index in [9.17, 15) is 18.0 Å². The van der Waals surface area contributed by atoms with Crippen LogP contribution in [-0.4, -0.2) is 76.8 Å². The fraction of sp³-hybridized carbons (Fsp3) is 0.611. The van der Waals surface area contributed by atoms with E-state index in [0.29, 0.717) is 5.92 Å². The smallest absolute Gasteiger partial charge is 0.475 e. The van der Waals surface area contributed by atoms with Crippen molar-refractivity contribution in [2.45, 2.75) is 38.2 Å². The first kappa shape index (κ1) is 22.1. The van der Waals surface area contributed by atoms with Crippen LogP contribution in [0, 0.1) is 5.92 Å². The Morgan fingerprint density at radius 2 is 2.04 bits per heavy atom. The summed E-state index contributed by atoms with van der Waals surface area (Å²) in [7, 11) is 1.79. The molecule has 1 aromatic heterocycles. The van der Waals surface area contributed by atoms with Crippen LogP contribution in [0.5, 0.6) is 0 Å². The number of carbonyl (C=O) groups excluding carboxylic acids is 1. The molecule has 28 heavy (non-hydrogen) atoms. The number of carboxylic acid groups (broad SMARTS) is 1. The Morgan fingerprint density at radius 3 is 2.54 bits per heavy atom. The number of aromatic nitrogens is 1. The van der Waals surface area contributed by atoms with Crippen LogP contribution in [-0.2, 0) is 20.9 Å². The minimum atomic E-state index is -5.08. The van der Waals surface area contributed by atoms with E-state index in [1.54, 1.807) is 20.2 Å². The number of carbonyl (C=O) groups is 2. The molecular weight excluding hydrogens is 379 g/mol. The lowest BCUT2D eigenvalue weighted by atomic mass is 9.89. The zero-order chi connectivity index (χ0) is 20.9. The third kappa shape index (κ3) is 5.65. The molecule has 3 atom stereocenters. The highest BCUT2D eigenvalue weighted by molar-refractivity contribution is 5.74. The van der Waals surface area contributed by atoms with Crippen molar-refractivity contribution in [1.29, 1.82) is 0 Å². The molecule has 10 heteroatoms. The zero-order valence-electron chi connectivity index (χ0n) is 15.7. The van der Waals surface area contributed by atoms with E-state index in [1.165, 1.54) is 5.56 Å². The second-order valence-corrected chi connectivity index (χ2v) is 6.86. The van der Waals surface area contributed by atoms with Gasteiger partial charge in [0.25, 0.3) is 0 Å². The molecule has 0 aliphatic carbocycles. The van der Waals surface area contributed by atoms with Crippen LogP contribution in [0.1, 0.15) is 18.9 Å². The second kappa shape index (κ2) is 9.33. The van der Waals surface area contributed by atoms with Gasteiger partial charge in [0, 0.05) is 58.5 Å². The van der Waals surface area contributed by atoms with Gasteiger partial charge in [-0.3, -0.25) is 14.7 Å². The Hall–Kier alpha value is -2.20. The van der Waals surface area contributed by atoms with E-state index >= 15 is 0 Å². The molecule has 7 nitrogen and oxygen atoms in total. The van der Waals surface area contributed by atoms with Crippen molar-refractivity contribution in [2.75, 3.05) is 26.7 Å². The summed E-state index contributed by atoms with van der Waals surface area (Å²) < 4.78 is 37.4. The summed E-state index contributed by atoms with van der Waals surface area (Å²) in [6.07, 6.45) is -0.160. The molecule has 0 spiro atoms. The topological polar surface area (TPSA) is 83.0 Å². The first-order chi connectivity index (χ1) is 13.1. The third-order valence-electron chi connectivity index (χ3n) is 5.02. The van der Waals surface area contributed by atoms with Gasteiger partial charge in [-0.15, -0.1) is 0 Å². The average Bonchev–Trinajstić information content (AvgIpc) is 3.04. The third-order valence-corrected chi connectivity index (χ3v) is 5.02. The molecule has 2 aliphatic rings. The van der Waals surface area contributed by atoms with Crippen molar-refractivity contribution < 1.29 is 32.6 Å². The largest absolute Gasteiger partial charge is 0.490 e. The fourth-order valence-electron chi connectivity index (χ4n) is 3.80. The van der Waals surface area contributed by atoms with Crippen molar-refractivity contribution >= 4 is 11.9 Å². The minimum absolute atomic E-state index is 0.183. The summed E-state index contributed by atoms with van der Waals surface area (Å²) >= 11 is 0. The van der Waals surface area contributed by atoms with E-state index in [4.69, 9.17) is 14.6 Å². The second-order valence-electron chi connectivity index (χ2n) is 6.86. The first-order valence-electron chi connectivity index (χ1n) is 8.84. The van der Waals surface area contributed by atoms with E-state index in [0.717, 1.165) is 32.6 Å². The summed E-state index contributed by atoms with van der Waals surface area (Å²) in [5.41, 5.74) is 1.22. The number of alkyl halides is 3. The lowest BCUT2D eigenvalue weighted by molar-refractivity contribution is -0.192. The molecule has 2 aliphatic heterocycles. The van der Waals surface area contributed by atoms with Crippen molar-refractivity contribution in [3.63, 3.8) is 0 Å². The molecule has 0 bridgehead atoms. The predicted octanol–water partition coefficient (Wildman–Crippen LogP) is 1.78. The first-order valence-corrected chi connectivity index (χ1v) is 8.84. The van der Waals surface area contributed by atoms with Gasteiger partial charge in [0.05, 0.1) is 12.1 Å². The molecule has 0 unspecified atom stereocenters. The molecule has 0 saturated carbocycles. The van der Waals surface area contributed by atoms with Crippen LogP contribution in [0.15, 0.2) is 24.5 Å².